The van der Waals surface area contributed by atoms with E-state index in [0.29, 0.717) is 13.1 Å². The van der Waals surface area contributed by atoms with Crippen molar-refractivity contribution in [1.82, 2.24) is 42.1 Å². The quantitative estimate of drug-likeness (QED) is 0.0389. The monoisotopic (exact) mass is 1080 g/mol. The Labute approximate surface area is 467 Å². The van der Waals surface area contributed by atoms with Gasteiger partial charge in [-0.1, -0.05) is 105 Å². The molecule has 75 heavy (non-hydrogen) atoms. The van der Waals surface area contributed by atoms with Gasteiger partial charge < -0.3 is 98.8 Å². The third-order valence-corrected chi connectivity index (χ3v) is 12.2. The minimum absolute atomic E-state index is 0.292. The first-order chi connectivity index (χ1) is 36.7. The van der Waals surface area contributed by atoms with Crippen LogP contribution >= 0.6 is 0 Å². The number of unbranched alkanes of at least 4 members (excludes halogenated alkanes) is 11. The van der Waals surface area contributed by atoms with Crippen LogP contribution in [0.5, 0.6) is 0 Å². The third-order valence-electron chi connectivity index (χ3n) is 12.2. The fraction of sp³-hybridized carbons (Fsp3) is 0.965. The van der Waals surface area contributed by atoms with E-state index in [1.54, 1.807) is 0 Å². The molecule has 460 valence electrons. The number of nitrogens with zero attached hydrogens (tertiary/aromatic N) is 1. The van der Waals surface area contributed by atoms with Crippen LogP contribution < -0.4 is 88.8 Å². The maximum absolute atomic E-state index is 8.75. The molecule has 2 heterocycles. The Hall–Kier alpha value is -1.14. The van der Waals surface area contributed by atoms with Gasteiger partial charge >= 0.3 is 0 Å². The first kappa shape index (κ1) is 85.1. The summed E-state index contributed by atoms with van der Waals surface area (Å²) in [5, 5.41) is 31.3. The highest BCUT2D eigenvalue weighted by Crippen LogP contribution is 2.16. The van der Waals surface area contributed by atoms with Crippen LogP contribution in [0.1, 0.15) is 182 Å². The first-order valence-electron chi connectivity index (χ1n) is 30.9. The fourth-order valence-corrected chi connectivity index (χ4v) is 7.51. The third kappa shape index (κ3) is 92.6. The van der Waals surface area contributed by atoms with E-state index in [1.165, 1.54) is 161 Å². The molecule has 0 radical (unpaired) electrons. The zero-order valence-corrected chi connectivity index (χ0v) is 50.8. The first-order valence-corrected chi connectivity index (χ1v) is 30.9. The van der Waals surface area contributed by atoms with Gasteiger partial charge in [-0.25, -0.2) is 0 Å². The van der Waals surface area contributed by atoms with Gasteiger partial charge in [-0.05, 0) is 201 Å². The molecule has 0 amide bonds. The number of hydrogen-bond acceptors (Lipinski definition) is 18. The van der Waals surface area contributed by atoms with Crippen molar-refractivity contribution in [1.29, 1.82) is 0 Å². The lowest BCUT2D eigenvalue weighted by atomic mass is 9.94. The number of aliphatic hydroxyl groups excluding tert-OH is 1. The SMILES string of the molecule is C=CNCC(O)CN.CCCC1CCNCC1.CCCCCC.CCCN(CCN)CCN.CNC1CCNCC1.NCCCCCCCCNCCCN.NCCCCCNCCN.NCCCCNCCCN. The van der Waals surface area contributed by atoms with E-state index in [1.807, 2.05) is 7.05 Å². The molecule has 0 saturated carbocycles. The molecule has 0 aliphatic carbocycles. The van der Waals surface area contributed by atoms with Crippen LogP contribution in [-0.2, 0) is 0 Å². The van der Waals surface area contributed by atoms with Crippen LogP contribution in [-0.4, -0.2) is 180 Å². The molecule has 18 heteroatoms. The highest BCUT2D eigenvalue weighted by Gasteiger charge is 2.11. The summed E-state index contributed by atoms with van der Waals surface area (Å²) in [5.41, 5.74) is 48.0. The van der Waals surface area contributed by atoms with Crippen molar-refractivity contribution < 1.29 is 5.11 Å². The smallest absolute Gasteiger partial charge is 0.0834 e. The van der Waals surface area contributed by atoms with E-state index in [-0.39, 0.29) is 0 Å². The zero-order chi connectivity index (χ0) is 57.2. The summed E-state index contributed by atoms with van der Waals surface area (Å²) in [5.74, 6) is 1.04. The highest BCUT2D eigenvalue weighted by atomic mass is 16.3. The van der Waals surface area contributed by atoms with E-state index < -0.39 is 6.10 Å². The lowest BCUT2D eigenvalue weighted by Gasteiger charge is -2.21. The zero-order valence-electron chi connectivity index (χ0n) is 50.8. The van der Waals surface area contributed by atoms with Crippen LogP contribution in [0.2, 0.25) is 0 Å². The van der Waals surface area contributed by atoms with Gasteiger partial charge in [-0.15, -0.1) is 0 Å². The van der Waals surface area contributed by atoms with Crippen molar-refractivity contribution in [3.8, 4) is 0 Å². The molecule has 1 unspecified atom stereocenters. The van der Waals surface area contributed by atoms with Gasteiger partial charge in [0.1, 0.15) is 0 Å². The summed E-state index contributed by atoms with van der Waals surface area (Å²) in [4.78, 5) is 2.29. The molecule has 2 saturated heterocycles. The maximum atomic E-state index is 8.75. The predicted molar refractivity (Wildman–Crippen MR) is 336 cm³/mol. The van der Waals surface area contributed by atoms with Gasteiger partial charge in [0, 0.05) is 58.4 Å². The van der Waals surface area contributed by atoms with Gasteiger partial charge in [-0.2, -0.15) is 0 Å². The lowest BCUT2D eigenvalue weighted by Crippen LogP contribution is -2.37. The molecular weight excluding hydrogens is 939 g/mol. The average molecular weight is 1080 g/mol. The molecule has 0 bridgehead atoms. The van der Waals surface area contributed by atoms with Crippen LogP contribution in [0, 0.1) is 5.92 Å². The Bertz CT molecular complexity index is 829. The van der Waals surface area contributed by atoms with Crippen molar-refractivity contribution in [2.24, 2.45) is 57.5 Å². The fourth-order valence-electron chi connectivity index (χ4n) is 7.51. The lowest BCUT2D eigenvalue weighted by molar-refractivity contribution is 0.184. The maximum Gasteiger partial charge on any atom is 0.0834 e. The molecule has 26 N–H and O–H groups in total. The highest BCUT2D eigenvalue weighted by molar-refractivity contribution is 4.72. The molecule has 0 aromatic heterocycles. The second-order valence-corrected chi connectivity index (χ2v) is 19.5. The number of aliphatic hydroxyl groups is 1. The molecule has 2 aliphatic rings. The Morgan fingerprint density at radius 1 is 0.480 bits per heavy atom. The van der Waals surface area contributed by atoms with E-state index in [9.17, 15) is 0 Å². The molecule has 1 atom stereocenters. The van der Waals surface area contributed by atoms with Crippen molar-refractivity contribution in [2.75, 3.05) is 158 Å². The summed E-state index contributed by atoms with van der Waals surface area (Å²) < 4.78 is 0. The molecule has 0 aromatic rings. The second-order valence-electron chi connectivity index (χ2n) is 19.5. The molecule has 18 nitrogen and oxygen atoms in total. The number of hydrogen-bond donors (Lipinski definition) is 17. The molecule has 2 rings (SSSR count). The standard InChI is InChI=1S/C11H27N3.C8H17N.3C7H19N3.C6H14N2.C6H14.C5H12N2O/c12-8-5-3-1-2-4-6-10-14-11-7-9-13;1-2-3-8-4-6-9-7-5-8;1-2-5-10(6-3-8)7-4-9;8-4-1-2-6-10-7-3-5-9;8-4-2-1-3-6-10-7-5-9;1-7-6-2-4-8-5-3-6;1-3-5-6-4-2;1-2-7-4-5(8)3-6/h14H,1-13H2;8-9H,2-7H2,1H3;2-9H2,1H3;2*10H,1-9H2;6-8H,2-5H2,1H3;3-6H2,1-2H3;2,5,7-8H,1,3-4,6H2. The van der Waals surface area contributed by atoms with Crippen LogP contribution in [0.3, 0.4) is 0 Å². The van der Waals surface area contributed by atoms with Crippen molar-refractivity contribution >= 4 is 0 Å². The van der Waals surface area contributed by atoms with Crippen molar-refractivity contribution in [3.63, 3.8) is 0 Å². The van der Waals surface area contributed by atoms with Gasteiger partial charge in [0.15, 0.2) is 0 Å². The normalized spacial score (nSPS) is 13.4. The second kappa shape index (κ2) is 86.7. The largest absolute Gasteiger partial charge is 0.390 e. The van der Waals surface area contributed by atoms with E-state index in [4.69, 9.17) is 56.7 Å². The van der Waals surface area contributed by atoms with E-state index in [2.05, 4.69) is 76.4 Å². The topological polar surface area (TPSA) is 342 Å². The van der Waals surface area contributed by atoms with Crippen LogP contribution in [0.15, 0.2) is 12.8 Å². The van der Waals surface area contributed by atoms with E-state index in [0.717, 1.165) is 149 Å². The number of piperidine rings is 2. The molecule has 2 fully saturated rings. The minimum Gasteiger partial charge on any atom is -0.390 e. The molecule has 0 spiro atoms. The molecule has 0 aromatic carbocycles. The Balaban J connectivity index is -0.000000183. The van der Waals surface area contributed by atoms with Gasteiger partial charge in [0.05, 0.1) is 6.10 Å². The summed E-state index contributed by atoms with van der Waals surface area (Å²) in [6.45, 7) is 33.7. The average Bonchev–Trinajstić information content (AvgIpc) is 3.44. The van der Waals surface area contributed by atoms with Crippen LogP contribution in [0.25, 0.3) is 0 Å². The number of rotatable bonds is 41. The van der Waals surface area contributed by atoms with Crippen molar-refractivity contribution in [2.45, 2.75) is 194 Å². The predicted octanol–water partition coefficient (Wildman–Crippen LogP) is 3.54. The Morgan fingerprint density at radius 2 is 0.880 bits per heavy atom. The van der Waals surface area contributed by atoms with Gasteiger partial charge in [-0.3, -0.25) is 0 Å². The summed E-state index contributed by atoms with van der Waals surface area (Å²) in [6, 6.07) is 0.774. The van der Waals surface area contributed by atoms with Gasteiger partial charge in [0.2, 0.25) is 0 Å². The van der Waals surface area contributed by atoms with Gasteiger partial charge in [0.25, 0.3) is 0 Å². The van der Waals surface area contributed by atoms with E-state index >= 15 is 0 Å². The number of nitrogens with one attached hydrogen (secondary N) is 7. The number of nitrogens with two attached hydrogens (primary N) is 9. The minimum atomic E-state index is -0.451. The Morgan fingerprint density at radius 3 is 1.25 bits per heavy atom. The summed E-state index contributed by atoms with van der Waals surface area (Å²) >= 11 is 0. The molecular formula is C57H141N17O. The summed E-state index contributed by atoms with van der Waals surface area (Å²) in [7, 11) is 2.04. The Kier molecular flexibility index (Phi) is 98.5. The summed E-state index contributed by atoms with van der Waals surface area (Å²) in [6.07, 6.45) is 31.9. The van der Waals surface area contributed by atoms with Crippen LogP contribution in [0.4, 0.5) is 0 Å². The molecule has 2 aliphatic heterocycles. The van der Waals surface area contributed by atoms with Crippen molar-refractivity contribution in [3.05, 3.63) is 12.8 Å².